The van der Waals surface area contributed by atoms with Crippen molar-refractivity contribution in [1.82, 2.24) is 14.7 Å². The van der Waals surface area contributed by atoms with Crippen LogP contribution < -0.4 is 0 Å². The number of Topliss-reactive ketones (excluding diaryl/α,β-unsaturated/α-hetero) is 1. The van der Waals surface area contributed by atoms with E-state index in [1.165, 1.54) is 0 Å². The van der Waals surface area contributed by atoms with Crippen LogP contribution in [-0.2, 0) is 28.5 Å². The Labute approximate surface area is 278 Å². The molecule has 2 N–H and O–H groups in total. The molecule has 0 radical (unpaired) electrons. The van der Waals surface area contributed by atoms with Crippen molar-refractivity contribution in [2.75, 3.05) is 54.5 Å². The Bertz CT molecular complexity index is 1000. The SMILES string of the molecule is CO[C@]1(C)C[C@@H](C)CN(C)[C@H]([C@@H](O)C2CCN(C(C)C)CC2)COC(=O)C(C)(C)C(=O)[C@H](C)[C@H]1O[C@@H]1O[C@H](C)C[C@H](N(C)C)[C@H]1O. The van der Waals surface area contributed by atoms with Gasteiger partial charge >= 0.3 is 5.97 Å². The molecule has 268 valence electrons. The van der Waals surface area contributed by atoms with Gasteiger partial charge in [-0.15, -0.1) is 0 Å². The molecule has 0 spiro atoms. The minimum absolute atomic E-state index is 0.00784. The fraction of sp³-hybridized carbons (Fsp3) is 0.943. The second kappa shape index (κ2) is 16.0. The van der Waals surface area contributed by atoms with Crippen molar-refractivity contribution in [3.63, 3.8) is 0 Å². The number of ketones is 1. The molecule has 0 saturated carbocycles. The van der Waals surface area contributed by atoms with E-state index >= 15 is 0 Å². The summed E-state index contributed by atoms with van der Waals surface area (Å²) in [6, 6.07) is -0.158. The molecule has 0 aromatic rings. The van der Waals surface area contributed by atoms with E-state index in [2.05, 4.69) is 30.6 Å². The first-order valence-electron chi connectivity index (χ1n) is 17.4. The number of hydrogen-bond donors (Lipinski definition) is 2. The molecule has 0 amide bonds. The van der Waals surface area contributed by atoms with Crippen LogP contribution in [0.4, 0.5) is 0 Å². The number of likely N-dealkylation sites (N-methyl/N-ethyl adjacent to an activating group) is 2. The van der Waals surface area contributed by atoms with E-state index in [0.717, 1.165) is 25.9 Å². The van der Waals surface area contributed by atoms with Crippen LogP contribution in [-0.4, -0.2) is 146 Å². The van der Waals surface area contributed by atoms with Gasteiger partial charge in [0.05, 0.1) is 30.0 Å². The first kappa shape index (κ1) is 39.3. The fourth-order valence-electron chi connectivity index (χ4n) is 8.02. The predicted molar refractivity (Wildman–Crippen MR) is 177 cm³/mol. The van der Waals surface area contributed by atoms with Gasteiger partial charge in [-0.3, -0.25) is 14.5 Å². The first-order chi connectivity index (χ1) is 21.3. The molecule has 3 rings (SSSR count). The Morgan fingerprint density at radius 2 is 1.67 bits per heavy atom. The molecule has 10 atom stereocenters. The Morgan fingerprint density at radius 1 is 1.07 bits per heavy atom. The van der Waals surface area contributed by atoms with Crippen molar-refractivity contribution in [3.8, 4) is 0 Å². The fourth-order valence-corrected chi connectivity index (χ4v) is 8.02. The van der Waals surface area contributed by atoms with Crippen LogP contribution in [0.5, 0.6) is 0 Å². The zero-order valence-corrected chi connectivity index (χ0v) is 30.7. The second-order valence-electron chi connectivity index (χ2n) is 15.8. The largest absolute Gasteiger partial charge is 0.463 e. The van der Waals surface area contributed by atoms with Crippen LogP contribution >= 0.6 is 0 Å². The summed E-state index contributed by atoms with van der Waals surface area (Å²) in [5, 5.41) is 23.1. The Morgan fingerprint density at radius 3 is 2.22 bits per heavy atom. The van der Waals surface area contributed by atoms with E-state index < -0.39 is 53.5 Å². The number of aliphatic hydroxyl groups excluding tert-OH is 2. The molecule has 3 saturated heterocycles. The molecule has 3 heterocycles. The highest BCUT2D eigenvalue weighted by atomic mass is 16.7. The Balaban J connectivity index is 1.95. The molecule has 3 aliphatic heterocycles. The van der Waals surface area contributed by atoms with Crippen LogP contribution in [0.15, 0.2) is 0 Å². The standard InChI is InChI=1S/C35H65N3O8/c1-21(2)38-15-13-25(14-16-38)28(39)27-20-44-33(42)34(6,7)30(41)24(5)31(35(8,43-12)18-22(3)19-37(27)11)46-32-29(40)26(36(9)10)17-23(4)45-32/h21-29,31-32,39-40H,13-20H2,1-12H3/t22-,23-,24+,26+,27+,28+,29-,31-,32+,35-/m1/s1. The molecule has 0 aliphatic carbocycles. The van der Waals surface area contributed by atoms with E-state index in [0.29, 0.717) is 25.4 Å². The normalized spacial score (nSPS) is 39.0. The lowest BCUT2D eigenvalue weighted by molar-refractivity contribution is -0.295. The maximum absolute atomic E-state index is 14.2. The van der Waals surface area contributed by atoms with Crippen molar-refractivity contribution in [3.05, 3.63) is 0 Å². The summed E-state index contributed by atoms with van der Waals surface area (Å²) in [5.74, 6) is -1.64. The van der Waals surface area contributed by atoms with Crippen LogP contribution in [0.25, 0.3) is 0 Å². The maximum Gasteiger partial charge on any atom is 0.319 e. The zero-order chi connectivity index (χ0) is 34.7. The van der Waals surface area contributed by atoms with E-state index in [9.17, 15) is 19.8 Å². The average Bonchev–Trinajstić information content (AvgIpc) is 2.99. The number of methoxy groups -OCH3 is 1. The highest BCUT2D eigenvalue weighted by Gasteiger charge is 2.51. The number of nitrogens with zero attached hydrogens (tertiary/aromatic N) is 3. The summed E-state index contributed by atoms with van der Waals surface area (Å²) in [5.41, 5.74) is -2.46. The molecule has 11 heteroatoms. The summed E-state index contributed by atoms with van der Waals surface area (Å²) in [4.78, 5) is 34.4. The van der Waals surface area contributed by atoms with Gasteiger partial charge < -0.3 is 39.0 Å². The van der Waals surface area contributed by atoms with E-state index in [1.54, 1.807) is 27.9 Å². The molecule has 11 nitrogen and oxygen atoms in total. The van der Waals surface area contributed by atoms with Gasteiger partial charge in [0.2, 0.25) is 0 Å². The summed E-state index contributed by atoms with van der Waals surface area (Å²) in [7, 11) is 7.41. The summed E-state index contributed by atoms with van der Waals surface area (Å²) in [6.45, 7) is 17.8. The number of esters is 1. The quantitative estimate of drug-likeness (QED) is 0.311. The van der Waals surface area contributed by atoms with Crippen molar-refractivity contribution >= 4 is 11.8 Å². The lowest BCUT2D eigenvalue weighted by Gasteiger charge is -2.47. The second-order valence-corrected chi connectivity index (χ2v) is 15.8. The van der Waals surface area contributed by atoms with Gasteiger partial charge in [0, 0.05) is 31.7 Å². The highest BCUT2D eigenvalue weighted by Crippen LogP contribution is 2.38. The Kier molecular flexibility index (Phi) is 13.7. The molecule has 3 fully saturated rings. The number of piperidine rings is 1. The minimum atomic E-state index is -1.49. The van der Waals surface area contributed by atoms with E-state index in [-0.39, 0.29) is 36.4 Å². The average molecular weight is 656 g/mol. The van der Waals surface area contributed by atoms with Gasteiger partial charge in [0.15, 0.2) is 12.1 Å². The maximum atomic E-state index is 14.2. The van der Waals surface area contributed by atoms with Crippen LogP contribution in [0.2, 0.25) is 0 Å². The van der Waals surface area contributed by atoms with Crippen molar-refractivity contribution in [2.45, 2.75) is 136 Å². The minimum Gasteiger partial charge on any atom is -0.463 e. The van der Waals surface area contributed by atoms with Crippen LogP contribution in [0, 0.1) is 23.2 Å². The van der Waals surface area contributed by atoms with Gasteiger partial charge in [0.1, 0.15) is 18.1 Å². The van der Waals surface area contributed by atoms with Crippen LogP contribution in [0.1, 0.15) is 81.1 Å². The molecule has 0 aromatic carbocycles. The molecule has 0 unspecified atom stereocenters. The highest BCUT2D eigenvalue weighted by molar-refractivity contribution is 6.04. The molecule has 0 bridgehead atoms. The lowest BCUT2D eigenvalue weighted by Crippen LogP contribution is -2.59. The number of rotatable bonds is 7. The number of cyclic esters (lactones) is 1. The zero-order valence-electron chi connectivity index (χ0n) is 30.7. The van der Waals surface area contributed by atoms with Crippen LogP contribution in [0.3, 0.4) is 0 Å². The van der Waals surface area contributed by atoms with Gasteiger partial charge in [-0.2, -0.15) is 0 Å². The topological polar surface area (TPSA) is 121 Å². The predicted octanol–water partition coefficient (Wildman–Crippen LogP) is 2.80. The number of carbonyl (C=O) groups excluding carboxylic acids is 2. The number of aliphatic hydroxyl groups is 2. The third-order valence-corrected chi connectivity index (χ3v) is 11.1. The smallest absolute Gasteiger partial charge is 0.319 e. The van der Waals surface area contributed by atoms with Gasteiger partial charge in [-0.05, 0) is 113 Å². The number of ether oxygens (including phenoxy) is 4. The first-order valence-corrected chi connectivity index (χ1v) is 17.4. The van der Waals surface area contributed by atoms with Crippen molar-refractivity contribution in [1.29, 1.82) is 0 Å². The number of carbonyl (C=O) groups is 2. The van der Waals surface area contributed by atoms with Gasteiger partial charge in [-0.1, -0.05) is 13.8 Å². The van der Waals surface area contributed by atoms with E-state index in [1.807, 2.05) is 39.9 Å². The van der Waals surface area contributed by atoms with E-state index in [4.69, 9.17) is 18.9 Å². The molecule has 0 aromatic heterocycles. The summed E-state index contributed by atoms with van der Waals surface area (Å²) >= 11 is 0. The summed E-state index contributed by atoms with van der Waals surface area (Å²) in [6.07, 6.45) is -0.733. The van der Waals surface area contributed by atoms with Gasteiger partial charge in [-0.25, -0.2) is 0 Å². The molecule has 46 heavy (non-hydrogen) atoms. The van der Waals surface area contributed by atoms with Gasteiger partial charge in [0.25, 0.3) is 0 Å². The third kappa shape index (κ3) is 8.88. The summed E-state index contributed by atoms with van der Waals surface area (Å²) < 4.78 is 24.9. The van der Waals surface area contributed by atoms with Crippen molar-refractivity contribution in [2.24, 2.45) is 23.2 Å². The Hall–Kier alpha value is -1.18. The van der Waals surface area contributed by atoms with Crippen molar-refractivity contribution < 1.29 is 38.7 Å². The number of hydrogen-bond acceptors (Lipinski definition) is 11. The monoisotopic (exact) mass is 655 g/mol. The molecular formula is C35H65N3O8. The molecule has 3 aliphatic rings. The molecular weight excluding hydrogens is 590 g/mol. The number of likely N-dealkylation sites (tertiary alicyclic amines) is 1. The lowest BCUT2D eigenvalue weighted by atomic mass is 9.74. The third-order valence-electron chi connectivity index (χ3n) is 11.1.